The fourth-order valence-electron chi connectivity index (χ4n) is 2.07. The Kier molecular flexibility index (Phi) is 4.35. The third kappa shape index (κ3) is 4.02. The van der Waals surface area contributed by atoms with E-state index in [-0.39, 0.29) is 30.0 Å². The summed E-state index contributed by atoms with van der Waals surface area (Å²) >= 11 is 0. The van der Waals surface area contributed by atoms with E-state index in [1.54, 1.807) is 0 Å². The summed E-state index contributed by atoms with van der Waals surface area (Å²) in [4.78, 5) is 10.7. The van der Waals surface area contributed by atoms with Crippen molar-refractivity contribution >= 4 is 25.8 Å². The van der Waals surface area contributed by atoms with E-state index in [0.29, 0.717) is 5.56 Å². The number of aromatic carboxylic acids is 1. The van der Waals surface area contributed by atoms with Gasteiger partial charge in [-0.15, -0.1) is 0 Å². The third-order valence-electron chi connectivity index (χ3n) is 3.31. The fraction of sp³-hybridized carbons (Fsp3) is 0.417. The number of hydrogen-bond donors (Lipinski definition) is 2. The first-order valence-electron chi connectivity index (χ1n) is 6.21. The fourth-order valence-corrected chi connectivity index (χ4v) is 6.14. The van der Waals surface area contributed by atoms with Gasteiger partial charge < -0.3 is 5.11 Å². The summed E-state index contributed by atoms with van der Waals surface area (Å²) < 4.78 is 49.0. The molecule has 0 bridgehead atoms. The molecule has 0 radical (unpaired) electrons. The molecule has 1 heterocycles. The second-order valence-corrected chi connectivity index (χ2v) is 9.17. The highest BCUT2D eigenvalue weighted by molar-refractivity contribution is 7.95. The zero-order valence-corrected chi connectivity index (χ0v) is 12.7. The summed E-state index contributed by atoms with van der Waals surface area (Å²) in [5, 5.41) is 7.84. The van der Waals surface area contributed by atoms with Gasteiger partial charge in [-0.3, -0.25) is 0 Å². The molecule has 1 aromatic rings. The van der Waals surface area contributed by atoms with E-state index in [1.807, 2.05) is 0 Å². The quantitative estimate of drug-likeness (QED) is 0.782. The Morgan fingerprint density at radius 3 is 2.38 bits per heavy atom. The minimum absolute atomic E-state index is 0.00121. The molecule has 1 aromatic carbocycles. The zero-order chi connectivity index (χ0) is 15.7. The molecule has 0 amide bonds. The monoisotopic (exact) mass is 333 g/mol. The molecular formula is C12H15NO6S2. The van der Waals surface area contributed by atoms with Crippen molar-refractivity contribution in [2.24, 2.45) is 0 Å². The van der Waals surface area contributed by atoms with E-state index in [1.165, 1.54) is 24.3 Å². The zero-order valence-electron chi connectivity index (χ0n) is 11.0. The van der Waals surface area contributed by atoms with E-state index in [2.05, 4.69) is 4.72 Å². The second-order valence-electron chi connectivity index (χ2n) is 4.89. The second kappa shape index (κ2) is 5.74. The predicted octanol–water partition coefficient (Wildman–Crippen LogP) is -0.00870. The standard InChI is InChI=1S/C12H15NO6S2/c14-12(15)10-3-1-9(2-4-10)7-13-21(18,19)11-5-6-20(16,17)8-11/h1-4,11,13H,5-8H2,(H,14,15). The number of carboxylic acids is 1. The molecule has 0 aromatic heterocycles. The molecule has 0 spiro atoms. The van der Waals surface area contributed by atoms with Gasteiger partial charge in [0.15, 0.2) is 9.84 Å². The van der Waals surface area contributed by atoms with Crippen molar-refractivity contribution < 1.29 is 26.7 Å². The van der Waals surface area contributed by atoms with E-state index in [9.17, 15) is 21.6 Å². The van der Waals surface area contributed by atoms with Crippen LogP contribution in [0.2, 0.25) is 0 Å². The van der Waals surface area contributed by atoms with Crippen LogP contribution in [0.4, 0.5) is 0 Å². The van der Waals surface area contributed by atoms with Crippen LogP contribution in [0.25, 0.3) is 0 Å². The summed E-state index contributed by atoms with van der Waals surface area (Å²) in [6, 6.07) is 5.78. The van der Waals surface area contributed by atoms with E-state index < -0.39 is 31.1 Å². The molecule has 1 saturated heterocycles. The van der Waals surface area contributed by atoms with Crippen LogP contribution in [0.3, 0.4) is 0 Å². The van der Waals surface area contributed by atoms with Crippen molar-refractivity contribution in [1.29, 1.82) is 0 Å². The molecule has 1 unspecified atom stereocenters. The van der Waals surface area contributed by atoms with Gasteiger partial charge >= 0.3 is 5.97 Å². The lowest BCUT2D eigenvalue weighted by molar-refractivity contribution is 0.0697. The van der Waals surface area contributed by atoms with Crippen LogP contribution >= 0.6 is 0 Å². The van der Waals surface area contributed by atoms with Crippen molar-refractivity contribution in [3.05, 3.63) is 35.4 Å². The Labute approximate surface area is 123 Å². The van der Waals surface area contributed by atoms with Crippen LogP contribution in [0, 0.1) is 0 Å². The highest BCUT2D eigenvalue weighted by atomic mass is 32.2. The Balaban J connectivity index is 2.00. The minimum Gasteiger partial charge on any atom is -0.478 e. The number of nitrogens with one attached hydrogen (secondary N) is 1. The van der Waals surface area contributed by atoms with E-state index in [0.717, 1.165) is 0 Å². The van der Waals surface area contributed by atoms with Gasteiger partial charge in [-0.2, -0.15) is 0 Å². The minimum atomic E-state index is -3.70. The molecule has 1 atom stereocenters. The van der Waals surface area contributed by atoms with Crippen molar-refractivity contribution in [3.8, 4) is 0 Å². The smallest absolute Gasteiger partial charge is 0.335 e. The lowest BCUT2D eigenvalue weighted by Crippen LogP contribution is -2.34. The molecule has 9 heteroatoms. The van der Waals surface area contributed by atoms with E-state index >= 15 is 0 Å². The molecule has 0 aliphatic carbocycles. The summed E-state index contributed by atoms with van der Waals surface area (Å²) in [5.41, 5.74) is 0.716. The van der Waals surface area contributed by atoms with Crippen LogP contribution in [0.15, 0.2) is 24.3 Å². The Morgan fingerprint density at radius 2 is 1.90 bits per heavy atom. The number of sulfonamides is 1. The number of rotatable bonds is 5. The Morgan fingerprint density at radius 1 is 1.29 bits per heavy atom. The molecular weight excluding hydrogens is 318 g/mol. The number of benzene rings is 1. The maximum Gasteiger partial charge on any atom is 0.335 e. The van der Waals surface area contributed by atoms with Gasteiger partial charge in [-0.05, 0) is 24.1 Å². The third-order valence-corrected chi connectivity index (χ3v) is 7.11. The molecule has 2 rings (SSSR count). The molecule has 21 heavy (non-hydrogen) atoms. The van der Waals surface area contributed by atoms with Crippen LogP contribution in [-0.2, 0) is 26.4 Å². The maximum atomic E-state index is 12.0. The van der Waals surface area contributed by atoms with Gasteiger partial charge in [0, 0.05) is 6.54 Å². The average Bonchev–Trinajstić information content (AvgIpc) is 2.78. The van der Waals surface area contributed by atoms with Crippen molar-refractivity contribution in [2.45, 2.75) is 18.2 Å². The van der Waals surface area contributed by atoms with Crippen LogP contribution in [0.1, 0.15) is 22.3 Å². The van der Waals surface area contributed by atoms with Gasteiger partial charge in [0.05, 0.1) is 22.3 Å². The summed E-state index contributed by atoms with van der Waals surface area (Å²) in [5.74, 6) is -1.51. The Hall–Kier alpha value is -1.45. The molecule has 116 valence electrons. The molecule has 1 fully saturated rings. The maximum absolute atomic E-state index is 12.0. The number of carbonyl (C=O) groups is 1. The first kappa shape index (κ1) is 15.9. The summed E-state index contributed by atoms with van der Waals surface area (Å²) in [6.45, 7) is -0.00121. The summed E-state index contributed by atoms with van der Waals surface area (Å²) in [6.07, 6.45) is 0.107. The van der Waals surface area contributed by atoms with Gasteiger partial charge in [-0.1, -0.05) is 12.1 Å². The first-order valence-corrected chi connectivity index (χ1v) is 9.57. The molecule has 1 aliphatic rings. The highest BCUT2D eigenvalue weighted by Crippen LogP contribution is 2.18. The average molecular weight is 333 g/mol. The van der Waals surface area contributed by atoms with Crippen molar-refractivity contribution in [3.63, 3.8) is 0 Å². The van der Waals surface area contributed by atoms with E-state index in [4.69, 9.17) is 5.11 Å². The lowest BCUT2D eigenvalue weighted by atomic mass is 10.1. The van der Waals surface area contributed by atoms with Crippen LogP contribution in [-0.4, -0.2) is 44.7 Å². The highest BCUT2D eigenvalue weighted by Gasteiger charge is 2.36. The molecule has 7 nitrogen and oxygen atoms in total. The van der Waals surface area contributed by atoms with Gasteiger partial charge in [0.25, 0.3) is 0 Å². The van der Waals surface area contributed by atoms with Gasteiger partial charge in [0.1, 0.15) is 0 Å². The van der Waals surface area contributed by atoms with Crippen molar-refractivity contribution in [1.82, 2.24) is 4.72 Å². The SMILES string of the molecule is O=C(O)c1ccc(CNS(=O)(=O)C2CCS(=O)(=O)C2)cc1. The topological polar surface area (TPSA) is 118 Å². The largest absolute Gasteiger partial charge is 0.478 e. The summed E-state index contributed by atoms with van der Waals surface area (Å²) in [7, 11) is -6.96. The van der Waals surface area contributed by atoms with Crippen molar-refractivity contribution in [2.75, 3.05) is 11.5 Å². The van der Waals surface area contributed by atoms with Gasteiger partial charge in [-0.25, -0.2) is 26.4 Å². The Bertz CT molecular complexity index is 736. The number of sulfone groups is 1. The van der Waals surface area contributed by atoms with Crippen LogP contribution in [0.5, 0.6) is 0 Å². The predicted molar refractivity (Wildman–Crippen MR) is 76.2 cm³/mol. The molecule has 2 N–H and O–H groups in total. The van der Waals surface area contributed by atoms with Gasteiger partial charge in [0.2, 0.25) is 10.0 Å². The number of hydrogen-bond acceptors (Lipinski definition) is 5. The lowest BCUT2D eigenvalue weighted by Gasteiger charge is -2.11. The number of carboxylic acid groups (broad SMARTS) is 1. The molecule has 1 aliphatic heterocycles. The van der Waals surface area contributed by atoms with Crippen LogP contribution < -0.4 is 4.72 Å². The normalized spacial score (nSPS) is 21.2. The molecule has 0 saturated carbocycles. The first-order chi connectivity index (χ1) is 9.70.